The van der Waals surface area contributed by atoms with Crippen LogP contribution >= 0.6 is 0 Å². The van der Waals surface area contributed by atoms with E-state index in [1.54, 1.807) is 24.1 Å². The molecule has 2 aliphatic rings. The second-order valence-electron chi connectivity index (χ2n) is 8.64. The first-order chi connectivity index (χ1) is 15.6. The lowest BCUT2D eigenvalue weighted by Crippen LogP contribution is -2.46. The van der Waals surface area contributed by atoms with Gasteiger partial charge >= 0.3 is 0 Å². The molecule has 0 radical (unpaired) electrons. The molecule has 1 aliphatic carbocycles. The van der Waals surface area contributed by atoms with Gasteiger partial charge in [-0.25, -0.2) is 0 Å². The average Bonchev–Trinajstić information content (AvgIpc) is 3.22. The maximum absolute atomic E-state index is 13.2. The van der Waals surface area contributed by atoms with Crippen molar-refractivity contribution in [3.63, 3.8) is 0 Å². The number of methoxy groups -OCH3 is 1. The summed E-state index contributed by atoms with van der Waals surface area (Å²) in [6.45, 7) is 1.64. The molecule has 0 bridgehead atoms. The summed E-state index contributed by atoms with van der Waals surface area (Å²) in [5.74, 6) is 0.495. The lowest BCUT2D eigenvalue weighted by Gasteiger charge is -2.34. The quantitative estimate of drug-likeness (QED) is 0.658. The highest BCUT2D eigenvalue weighted by molar-refractivity contribution is 5.94. The van der Waals surface area contributed by atoms with Gasteiger partial charge in [-0.05, 0) is 30.5 Å². The summed E-state index contributed by atoms with van der Waals surface area (Å²) < 4.78 is 17.0. The monoisotopic (exact) mass is 440 g/mol. The Morgan fingerprint density at radius 2 is 1.81 bits per heavy atom. The highest BCUT2D eigenvalue weighted by Gasteiger charge is 2.35. The van der Waals surface area contributed by atoms with Gasteiger partial charge in [0.2, 0.25) is 5.91 Å². The van der Waals surface area contributed by atoms with Crippen molar-refractivity contribution in [1.82, 2.24) is 9.80 Å². The van der Waals surface area contributed by atoms with Crippen LogP contribution in [0.3, 0.4) is 0 Å². The van der Waals surface area contributed by atoms with E-state index in [0.717, 1.165) is 31.2 Å². The summed E-state index contributed by atoms with van der Waals surface area (Å²) in [6, 6.07) is 13.6. The molecule has 1 saturated carbocycles. The van der Waals surface area contributed by atoms with Gasteiger partial charge in [-0.1, -0.05) is 49.6 Å². The molecule has 7 nitrogen and oxygen atoms in total. The molecular weight excluding hydrogens is 408 g/mol. The number of hydrogen-bond donors (Lipinski definition) is 0. The van der Waals surface area contributed by atoms with Gasteiger partial charge in [-0.3, -0.25) is 9.59 Å². The van der Waals surface area contributed by atoms with Gasteiger partial charge in [0.15, 0.2) is 5.76 Å². The molecule has 2 aromatic rings. The van der Waals surface area contributed by atoms with Gasteiger partial charge in [-0.2, -0.15) is 0 Å². The molecule has 1 aliphatic heterocycles. The maximum atomic E-state index is 13.2. The summed E-state index contributed by atoms with van der Waals surface area (Å²) in [5, 5.41) is 0. The van der Waals surface area contributed by atoms with E-state index in [1.807, 2.05) is 35.2 Å². The molecule has 4 rings (SSSR count). The first kappa shape index (κ1) is 22.6. The molecule has 1 atom stereocenters. The molecule has 1 aromatic heterocycles. The van der Waals surface area contributed by atoms with E-state index >= 15 is 0 Å². The largest absolute Gasteiger partial charge is 0.453 e. The Hall–Kier alpha value is -2.64. The van der Waals surface area contributed by atoms with Crippen molar-refractivity contribution in [2.75, 3.05) is 26.7 Å². The van der Waals surface area contributed by atoms with Gasteiger partial charge in [0.05, 0.1) is 12.7 Å². The minimum Gasteiger partial charge on any atom is -0.453 e. The van der Waals surface area contributed by atoms with Crippen LogP contribution in [0.5, 0.6) is 0 Å². The first-order valence-corrected chi connectivity index (χ1v) is 11.5. The minimum absolute atomic E-state index is 0.0141. The molecule has 2 amide bonds. The Morgan fingerprint density at radius 1 is 1.03 bits per heavy atom. The predicted molar refractivity (Wildman–Crippen MR) is 119 cm³/mol. The predicted octanol–water partition coefficient (Wildman–Crippen LogP) is 3.63. The van der Waals surface area contributed by atoms with Crippen LogP contribution in [0.15, 0.2) is 46.9 Å². The third-order valence-electron chi connectivity index (χ3n) is 6.26. The molecule has 1 unspecified atom stereocenters. The highest BCUT2D eigenvalue weighted by atomic mass is 16.5. The summed E-state index contributed by atoms with van der Waals surface area (Å²) in [7, 11) is 1.58. The topological polar surface area (TPSA) is 72.2 Å². The lowest BCUT2D eigenvalue weighted by atomic mass is 9.94. The van der Waals surface area contributed by atoms with Gasteiger partial charge in [-0.15, -0.1) is 0 Å². The maximum Gasteiger partial charge on any atom is 0.290 e. The molecule has 172 valence electrons. The second-order valence-corrected chi connectivity index (χ2v) is 8.64. The fraction of sp³-hybridized carbons (Fsp3) is 0.520. The van der Waals surface area contributed by atoms with E-state index < -0.39 is 0 Å². The minimum atomic E-state index is -0.292. The zero-order chi connectivity index (χ0) is 22.3. The molecule has 7 heteroatoms. The van der Waals surface area contributed by atoms with Crippen LogP contribution in [0, 0.1) is 0 Å². The highest BCUT2D eigenvalue weighted by Crippen LogP contribution is 2.25. The van der Waals surface area contributed by atoms with E-state index in [-0.39, 0.29) is 36.3 Å². The Kier molecular flexibility index (Phi) is 7.60. The summed E-state index contributed by atoms with van der Waals surface area (Å²) in [6.07, 6.45) is 5.27. The van der Waals surface area contributed by atoms with Crippen LogP contribution in [-0.2, 0) is 27.5 Å². The summed E-state index contributed by atoms with van der Waals surface area (Å²) in [4.78, 5) is 29.9. The second kappa shape index (κ2) is 10.8. The molecule has 0 spiro atoms. The Bertz CT molecular complexity index is 891. The SMILES string of the molecule is COCc1ccc(C(=O)N2CC(=O)N(C3CCCCC3)CC(OCc3ccccc3)C2)o1. The summed E-state index contributed by atoms with van der Waals surface area (Å²) in [5.41, 5.74) is 1.07. The van der Waals surface area contributed by atoms with Crippen molar-refractivity contribution in [2.24, 2.45) is 0 Å². The molecule has 2 heterocycles. The summed E-state index contributed by atoms with van der Waals surface area (Å²) >= 11 is 0. The molecule has 32 heavy (non-hydrogen) atoms. The van der Waals surface area contributed by atoms with Crippen LogP contribution in [0.4, 0.5) is 0 Å². The average molecular weight is 441 g/mol. The number of amides is 2. The fourth-order valence-corrected chi connectivity index (χ4v) is 4.61. The van der Waals surface area contributed by atoms with Gasteiger partial charge in [0.25, 0.3) is 5.91 Å². The standard InChI is InChI=1S/C25H32N2O5/c1-30-18-21-12-13-23(32-21)25(29)26-14-22(31-17-19-8-4-2-5-9-19)15-27(24(28)16-26)20-10-6-3-7-11-20/h2,4-5,8-9,12-13,20,22H,3,6-7,10-11,14-18H2,1H3. The van der Waals surface area contributed by atoms with Crippen molar-refractivity contribution in [1.29, 1.82) is 0 Å². The zero-order valence-corrected chi connectivity index (χ0v) is 18.7. The van der Waals surface area contributed by atoms with E-state index in [4.69, 9.17) is 13.9 Å². The van der Waals surface area contributed by atoms with Gasteiger partial charge < -0.3 is 23.7 Å². The normalized spacial score (nSPS) is 20.4. The van der Waals surface area contributed by atoms with E-state index in [2.05, 4.69) is 0 Å². The van der Waals surface area contributed by atoms with Crippen molar-refractivity contribution in [3.8, 4) is 0 Å². The smallest absolute Gasteiger partial charge is 0.290 e. The van der Waals surface area contributed by atoms with E-state index in [9.17, 15) is 9.59 Å². The number of furan rings is 1. The van der Waals surface area contributed by atoms with Crippen LogP contribution in [0.1, 0.15) is 54.0 Å². The van der Waals surface area contributed by atoms with Crippen molar-refractivity contribution in [2.45, 2.75) is 57.5 Å². The number of carbonyl (C=O) groups excluding carboxylic acids is 2. The number of ether oxygens (including phenoxy) is 2. The van der Waals surface area contributed by atoms with Gasteiger partial charge in [0.1, 0.15) is 18.9 Å². The van der Waals surface area contributed by atoms with Gasteiger partial charge in [0, 0.05) is 26.2 Å². The van der Waals surface area contributed by atoms with Crippen molar-refractivity contribution in [3.05, 3.63) is 59.5 Å². The van der Waals surface area contributed by atoms with Crippen LogP contribution < -0.4 is 0 Å². The van der Waals surface area contributed by atoms with Crippen molar-refractivity contribution >= 4 is 11.8 Å². The number of nitrogens with zero attached hydrogens (tertiary/aromatic N) is 2. The fourth-order valence-electron chi connectivity index (χ4n) is 4.61. The van der Waals surface area contributed by atoms with E-state index in [0.29, 0.717) is 32.1 Å². The number of carbonyl (C=O) groups is 2. The third kappa shape index (κ3) is 5.58. The first-order valence-electron chi connectivity index (χ1n) is 11.5. The molecule has 1 aromatic carbocycles. The van der Waals surface area contributed by atoms with Crippen LogP contribution in [0.2, 0.25) is 0 Å². The molecular formula is C25H32N2O5. The number of hydrogen-bond acceptors (Lipinski definition) is 5. The van der Waals surface area contributed by atoms with Crippen molar-refractivity contribution < 1.29 is 23.5 Å². The Balaban J connectivity index is 1.51. The number of rotatable bonds is 7. The molecule has 0 N–H and O–H groups in total. The zero-order valence-electron chi connectivity index (χ0n) is 18.7. The van der Waals surface area contributed by atoms with Crippen LogP contribution in [-0.4, -0.2) is 60.5 Å². The molecule has 1 saturated heterocycles. The molecule has 2 fully saturated rings. The Labute approximate surface area is 189 Å². The van der Waals surface area contributed by atoms with E-state index in [1.165, 1.54) is 6.42 Å². The third-order valence-corrected chi connectivity index (χ3v) is 6.26. The Morgan fingerprint density at radius 3 is 2.56 bits per heavy atom. The van der Waals surface area contributed by atoms with Crippen LogP contribution in [0.25, 0.3) is 0 Å². The lowest BCUT2D eigenvalue weighted by molar-refractivity contribution is -0.134. The number of benzene rings is 1.